The molecule has 1 aromatic rings. The number of unbranched alkanes of at least 4 members (excludes halogenated alkanes) is 4. The van der Waals surface area contributed by atoms with Gasteiger partial charge in [0.1, 0.15) is 0 Å². The van der Waals surface area contributed by atoms with Crippen molar-refractivity contribution in [2.45, 2.75) is 45.6 Å². The Balaban J connectivity index is 2.40. The SMILES string of the molecule is CCCCCCCNCc1cc(OC)c(OC)cc1Cl. The van der Waals surface area contributed by atoms with Crippen LogP contribution in [0.2, 0.25) is 5.02 Å². The molecule has 0 amide bonds. The van der Waals surface area contributed by atoms with E-state index in [9.17, 15) is 0 Å². The number of nitrogens with one attached hydrogen (secondary N) is 1. The molecular weight excluding hydrogens is 274 g/mol. The van der Waals surface area contributed by atoms with E-state index in [1.54, 1.807) is 20.3 Å². The average molecular weight is 300 g/mol. The van der Waals surface area contributed by atoms with Crippen LogP contribution in [0.25, 0.3) is 0 Å². The largest absolute Gasteiger partial charge is 0.493 e. The second-order valence-corrected chi connectivity index (χ2v) is 5.30. The monoisotopic (exact) mass is 299 g/mol. The van der Waals surface area contributed by atoms with Gasteiger partial charge in [0.2, 0.25) is 0 Å². The summed E-state index contributed by atoms with van der Waals surface area (Å²) in [6.45, 7) is 4.01. The zero-order valence-corrected chi connectivity index (χ0v) is 13.6. The topological polar surface area (TPSA) is 30.5 Å². The molecule has 1 aromatic carbocycles. The van der Waals surface area contributed by atoms with Crippen LogP contribution in [0.5, 0.6) is 11.5 Å². The molecule has 4 heteroatoms. The Morgan fingerprint density at radius 3 is 2.30 bits per heavy atom. The zero-order valence-electron chi connectivity index (χ0n) is 12.8. The third-order valence-corrected chi connectivity index (χ3v) is 3.68. The molecule has 0 atom stereocenters. The predicted octanol–water partition coefficient (Wildman–Crippen LogP) is 4.42. The lowest BCUT2D eigenvalue weighted by Crippen LogP contribution is -2.15. The molecule has 0 aromatic heterocycles. The van der Waals surface area contributed by atoms with E-state index in [2.05, 4.69) is 12.2 Å². The molecule has 0 aliphatic heterocycles. The molecule has 0 saturated heterocycles. The molecule has 0 aliphatic rings. The van der Waals surface area contributed by atoms with Gasteiger partial charge in [0.25, 0.3) is 0 Å². The first-order chi connectivity index (χ1) is 9.72. The second-order valence-electron chi connectivity index (χ2n) is 4.89. The lowest BCUT2D eigenvalue weighted by atomic mass is 10.1. The van der Waals surface area contributed by atoms with Crippen LogP contribution in [0, 0.1) is 0 Å². The smallest absolute Gasteiger partial charge is 0.162 e. The summed E-state index contributed by atoms with van der Waals surface area (Å²) in [7, 11) is 3.25. The van der Waals surface area contributed by atoms with Crippen molar-refractivity contribution in [2.75, 3.05) is 20.8 Å². The van der Waals surface area contributed by atoms with Gasteiger partial charge in [0.15, 0.2) is 11.5 Å². The number of methoxy groups -OCH3 is 2. The Labute approximate surface area is 127 Å². The highest BCUT2D eigenvalue weighted by Gasteiger charge is 2.09. The molecule has 0 unspecified atom stereocenters. The Hall–Kier alpha value is -0.930. The molecule has 0 saturated carbocycles. The first-order valence-electron chi connectivity index (χ1n) is 7.34. The molecule has 0 aliphatic carbocycles. The molecule has 1 N–H and O–H groups in total. The second kappa shape index (κ2) is 9.89. The molecule has 0 fully saturated rings. The molecule has 114 valence electrons. The number of ether oxygens (including phenoxy) is 2. The first-order valence-corrected chi connectivity index (χ1v) is 7.71. The maximum atomic E-state index is 6.24. The number of benzene rings is 1. The molecule has 0 heterocycles. The minimum atomic E-state index is 0.667. The van der Waals surface area contributed by atoms with E-state index in [4.69, 9.17) is 21.1 Å². The summed E-state index contributed by atoms with van der Waals surface area (Å²) in [5, 5.41) is 4.14. The number of halogens is 1. The van der Waals surface area contributed by atoms with E-state index in [0.29, 0.717) is 10.8 Å². The number of hydrogen-bond acceptors (Lipinski definition) is 3. The number of hydrogen-bond donors (Lipinski definition) is 1. The highest BCUT2D eigenvalue weighted by Crippen LogP contribution is 2.32. The summed E-state index contributed by atoms with van der Waals surface area (Å²) in [4.78, 5) is 0. The van der Waals surface area contributed by atoms with Crippen molar-refractivity contribution in [3.8, 4) is 11.5 Å². The van der Waals surface area contributed by atoms with Crippen LogP contribution in [0.4, 0.5) is 0 Å². The molecule has 0 radical (unpaired) electrons. The summed E-state index contributed by atoms with van der Waals surface area (Å²) >= 11 is 6.24. The van der Waals surface area contributed by atoms with E-state index in [1.807, 2.05) is 6.07 Å². The van der Waals surface area contributed by atoms with Gasteiger partial charge in [-0.1, -0.05) is 44.2 Å². The maximum Gasteiger partial charge on any atom is 0.162 e. The zero-order chi connectivity index (χ0) is 14.8. The van der Waals surface area contributed by atoms with Gasteiger partial charge in [-0.25, -0.2) is 0 Å². The molecule has 3 nitrogen and oxygen atoms in total. The highest BCUT2D eigenvalue weighted by molar-refractivity contribution is 6.31. The summed E-state index contributed by atoms with van der Waals surface area (Å²) < 4.78 is 10.5. The fourth-order valence-corrected chi connectivity index (χ4v) is 2.33. The van der Waals surface area contributed by atoms with E-state index >= 15 is 0 Å². The fraction of sp³-hybridized carbons (Fsp3) is 0.625. The molecule has 0 spiro atoms. The summed E-state index contributed by atoms with van der Waals surface area (Å²) in [6, 6.07) is 3.74. The summed E-state index contributed by atoms with van der Waals surface area (Å²) in [5.41, 5.74) is 1.04. The number of rotatable bonds is 10. The van der Waals surface area contributed by atoms with Crippen LogP contribution in [0.1, 0.15) is 44.6 Å². The minimum Gasteiger partial charge on any atom is -0.493 e. The van der Waals surface area contributed by atoms with Gasteiger partial charge >= 0.3 is 0 Å². The van der Waals surface area contributed by atoms with Gasteiger partial charge in [-0.2, -0.15) is 0 Å². The molecule has 1 rings (SSSR count). The Morgan fingerprint density at radius 2 is 1.65 bits per heavy atom. The normalized spacial score (nSPS) is 10.6. The third-order valence-electron chi connectivity index (χ3n) is 3.33. The van der Waals surface area contributed by atoms with Gasteiger partial charge in [0.05, 0.1) is 14.2 Å². The fourth-order valence-electron chi connectivity index (χ4n) is 2.11. The minimum absolute atomic E-state index is 0.667. The van der Waals surface area contributed by atoms with Crippen molar-refractivity contribution in [2.24, 2.45) is 0 Å². The van der Waals surface area contributed by atoms with Crippen LogP contribution in [-0.2, 0) is 6.54 Å². The van der Waals surface area contributed by atoms with E-state index in [0.717, 1.165) is 24.4 Å². The van der Waals surface area contributed by atoms with Gasteiger partial charge in [-0.05, 0) is 24.6 Å². The van der Waals surface area contributed by atoms with E-state index < -0.39 is 0 Å². The van der Waals surface area contributed by atoms with Crippen molar-refractivity contribution < 1.29 is 9.47 Å². The maximum absolute atomic E-state index is 6.24. The van der Waals surface area contributed by atoms with Crippen LogP contribution >= 0.6 is 11.6 Å². The van der Waals surface area contributed by atoms with Crippen LogP contribution in [0.15, 0.2) is 12.1 Å². The summed E-state index contributed by atoms with van der Waals surface area (Å²) in [6.07, 6.45) is 6.46. The van der Waals surface area contributed by atoms with Crippen molar-refractivity contribution in [1.82, 2.24) is 5.32 Å². The quantitative estimate of drug-likeness (QED) is 0.649. The molecule has 0 bridgehead atoms. The summed E-state index contributed by atoms with van der Waals surface area (Å²) in [5.74, 6) is 1.39. The van der Waals surface area contributed by atoms with Crippen LogP contribution in [0.3, 0.4) is 0 Å². The highest BCUT2D eigenvalue weighted by atomic mass is 35.5. The Bertz CT molecular complexity index is 396. The van der Waals surface area contributed by atoms with Crippen LogP contribution < -0.4 is 14.8 Å². The van der Waals surface area contributed by atoms with Crippen molar-refractivity contribution in [1.29, 1.82) is 0 Å². The Morgan fingerprint density at radius 1 is 1.00 bits per heavy atom. The van der Waals surface area contributed by atoms with Gasteiger partial charge in [-0.3, -0.25) is 0 Å². The lowest BCUT2D eigenvalue weighted by Gasteiger charge is -2.12. The van der Waals surface area contributed by atoms with Crippen molar-refractivity contribution in [3.63, 3.8) is 0 Å². The third kappa shape index (κ3) is 5.59. The van der Waals surface area contributed by atoms with E-state index in [-0.39, 0.29) is 0 Å². The van der Waals surface area contributed by atoms with Crippen molar-refractivity contribution >= 4 is 11.6 Å². The van der Waals surface area contributed by atoms with Crippen LogP contribution in [-0.4, -0.2) is 20.8 Å². The van der Waals surface area contributed by atoms with E-state index in [1.165, 1.54) is 32.1 Å². The lowest BCUT2D eigenvalue weighted by molar-refractivity contribution is 0.354. The molecule has 20 heavy (non-hydrogen) atoms. The first kappa shape index (κ1) is 17.1. The predicted molar refractivity (Wildman–Crippen MR) is 85.0 cm³/mol. The Kier molecular flexibility index (Phi) is 8.47. The molecular formula is C16H26ClNO2. The van der Waals surface area contributed by atoms with Gasteiger partial charge < -0.3 is 14.8 Å². The van der Waals surface area contributed by atoms with Gasteiger partial charge in [0, 0.05) is 17.6 Å². The van der Waals surface area contributed by atoms with Gasteiger partial charge in [-0.15, -0.1) is 0 Å². The standard InChI is InChI=1S/C16H26ClNO2/c1-4-5-6-7-8-9-18-12-13-10-15(19-2)16(20-3)11-14(13)17/h10-11,18H,4-9,12H2,1-3H3. The van der Waals surface area contributed by atoms with Crippen molar-refractivity contribution in [3.05, 3.63) is 22.7 Å². The average Bonchev–Trinajstić information content (AvgIpc) is 2.47.